The molecule has 0 amide bonds. The molecule has 0 bridgehead atoms. The normalized spacial score (nSPS) is 11.5. The van der Waals surface area contributed by atoms with E-state index in [4.69, 9.17) is 9.15 Å². The van der Waals surface area contributed by atoms with Crippen LogP contribution in [0.25, 0.3) is 22.6 Å². The van der Waals surface area contributed by atoms with Crippen LogP contribution in [0.4, 0.5) is 11.4 Å². The van der Waals surface area contributed by atoms with Crippen LogP contribution in [0, 0.1) is 0 Å². The summed E-state index contributed by atoms with van der Waals surface area (Å²) in [4.78, 5) is 11.4. The van der Waals surface area contributed by atoms with E-state index in [0.29, 0.717) is 5.89 Å². The topological polar surface area (TPSA) is 50.9 Å². The fourth-order valence-electron chi connectivity index (χ4n) is 4.60. The molecule has 39 heavy (non-hydrogen) atoms. The average molecular weight is 526 g/mol. The standard InChI is InChI=1S/C34H43N3O2/c1-4-5-6-7-8-9-10-11-12-13-24-38-31-22-23-32-33(25-31)39-34(36-32)28-16-18-29(19-17-28)35-26-27-14-20-30(21-15-27)37(2)3/h14-23,25-26H,4-13,24H2,1-3H3. The van der Waals surface area contributed by atoms with E-state index in [1.165, 1.54) is 63.5 Å². The van der Waals surface area contributed by atoms with Crippen molar-refractivity contribution in [1.29, 1.82) is 0 Å². The van der Waals surface area contributed by atoms with Gasteiger partial charge in [-0.1, -0.05) is 76.8 Å². The zero-order chi connectivity index (χ0) is 27.3. The Hall–Kier alpha value is -3.60. The van der Waals surface area contributed by atoms with E-state index >= 15 is 0 Å². The third-order valence-corrected chi connectivity index (χ3v) is 7.01. The molecule has 1 aromatic heterocycles. The van der Waals surface area contributed by atoms with Crippen LogP contribution >= 0.6 is 0 Å². The quantitative estimate of drug-likeness (QED) is 0.108. The molecule has 4 rings (SSSR count). The highest BCUT2D eigenvalue weighted by Crippen LogP contribution is 2.28. The predicted octanol–water partition coefficient (Wildman–Crippen LogP) is 9.61. The minimum atomic E-state index is 0.603. The average Bonchev–Trinajstić information content (AvgIpc) is 3.39. The lowest BCUT2D eigenvalue weighted by Crippen LogP contribution is -2.08. The van der Waals surface area contributed by atoms with Crippen LogP contribution in [0.2, 0.25) is 0 Å². The van der Waals surface area contributed by atoms with Gasteiger partial charge < -0.3 is 14.1 Å². The van der Waals surface area contributed by atoms with Gasteiger partial charge in [0.2, 0.25) is 5.89 Å². The van der Waals surface area contributed by atoms with Gasteiger partial charge in [-0.3, -0.25) is 4.99 Å². The molecule has 0 saturated carbocycles. The van der Waals surface area contributed by atoms with E-state index in [-0.39, 0.29) is 0 Å². The van der Waals surface area contributed by atoms with Gasteiger partial charge in [0.1, 0.15) is 11.3 Å². The summed E-state index contributed by atoms with van der Waals surface area (Å²) >= 11 is 0. The zero-order valence-corrected chi connectivity index (χ0v) is 23.9. The molecular formula is C34H43N3O2. The predicted molar refractivity (Wildman–Crippen MR) is 165 cm³/mol. The molecule has 0 aliphatic carbocycles. The SMILES string of the molecule is CCCCCCCCCCCCOc1ccc2nc(-c3ccc(N=Cc4ccc(N(C)C)cc4)cc3)oc2c1. The summed E-state index contributed by atoms with van der Waals surface area (Å²) in [6, 6.07) is 22.2. The fourth-order valence-corrected chi connectivity index (χ4v) is 4.60. The molecule has 0 unspecified atom stereocenters. The van der Waals surface area contributed by atoms with Gasteiger partial charge in [-0.05, 0) is 60.5 Å². The molecule has 0 radical (unpaired) electrons. The highest BCUT2D eigenvalue weighted by Gasteiger charge is 2.09. The van der Waals surface area contributed by atoms with Gasteiger partial charge in [-0.25, -0.2) is 4.98 Å². The van der Waals surface area contributed by atoms with Crippen LogP contribution in [0.5, 0.6) is 5.75 Å². The minimum absolute atomic E-state index is 0.603. The third kappa shape index (κ3) is 8.98. The number of ether oxygens (including phenoxy) is 1. The summed E-state index contributed by atoms with van der Waals surface area (Å²) in [6.07, 6.45) is 15.1. The van der Waals surface area contributed by atoms with E-state index in [2.05, 4.69) is 46.1 Å². The Morgan fingerprint density at radius 1 is 0.795 bits per heavy atom. The fraction of sp³-hybridized carbons (Fsp3) is 0.412. The molecule has 4 aromatic rings. The molecule has 0 aliphatic rings. The van der Waals surface area contributed by atoms with E-state index in [1.54, 1.807) is 0 Å². The van der Waals surface area contributed by atoms with Crippen LogP contribution in [-0.2, 0) is 0 Å². The maximum atomic E-state index is 6.07. The minimum Gasteiger partial charge on any atom is -0.493 e. The molecule has 0 atom stereocenters. The molecule has 0 N–H and O–H groups in total. The number of benzene rings is 3. The van der Waals surface area contributed by atoms with Gasteiger partial charge in [-0.15, -0.1) is 0 Å². The van der Waals surface area contributed by atoms with Crippen LogP contribution < -0.4 is 9.64 Å². The summed E-state index contributed by atoms with van der Waals surface area (Å²) in [7, 11) is 4.07. The molecule has 5 heteroatoms. The molecule has 0 aliphatic heterocycles. The number of hydrogen-bond acceptors (Lipinski definition) is 5. The molecule has 1 heterocycles. The van der Waals surface area contributed by atoms with Crippen molar-refractivity contribution in [3.05, 3.63) is 72.3 Å². The first kappa shape index (κ1) is 28.4. The van der Waals surface area contributed by atoms with Crippen molar-refractivity contribution in [2.75, 3.05) is 25.6 Å². The second-order valence-electron chi connectivity index (χ2n) is 10.5. The van der Waals surface area contributed by atoms with Crippen LogP contribution in [0.3, 0.4) is 0 Å². The number of rotatable bonds is 16. The van der Waals surface area contributed by atoms with Crippen LogP contribution in [0.1, 0.15) is 76.7 Å². The van der Waals surface area contributed by atoms with Crippen molar-refractivity contribution in [3.8, 4) is 17.2 Å². The number of anilines is 1. The van der Waals surface area contributed by atoms with Crippen molar-refractivity contribution in [1.82, 2.24) is 4.98 Å². The summed E-state index contributed by atoms with van der Waals surface area (Å²) in [5.41, 5.74) is 5.62. The summed E-state index contributed by atoms with van der Waals surface area (Å²) in [5.74, 6) is 1.44. The number of nitrogens with zero attached hydrogens (tertiary/aromatic N) is 3. The zero-order valence-electron chi connectivity index (χ0n) is 23.9. The van der Waals surface area contributed by atoms with Gasteiger partial charge in [-0.2, -0.15) is 0 Å². The first-order valence-electron chi connectivity index (χ1n) is 14.6. The largest absolute Gasteiger partial charge is 0.493 e. The number of aromatic nitrogens is 1. The van der Waals surface area contributed by atoms with Gasteiger partial charge in [0, 0.05) is 37.6 Å². The lowest BCUT2D eigenvalue weighted by atomic mass is 10.1. The summed E-state index contributed by atoms with van der Waals surface area (Å²) in [5, 5.41) is 0. The molecule has 0 fully saturated rings. The van der Waals surface area contributed by atoms with Crippen molar-refractivity contribution in [2.24, 2.45) is 4.99 Å². The number of aliphatic imine (C=N–C) groups is 1. The molecular weight excluding hydrogens is 482 g/mol. The van der Waals surface area contributed by atoms with Crippen molar-refractivity contribution < 1.29 is 9.15 Å². The van der Waals surface area contributed by atoms with Gasteiger partial charge >= 0.3 is 0 Å². The Labute approximate surface area is 233 Å². The van der Waals surface area contributed by atoms with E-state index < -0.39 is 0 Å². The second-order valence-corrected chi connectivity index (χ2v) is 10.5. The lowest BCUT2D eigenvalue weighted by molar-refractivity contribution is 0.304. The number of unbranched alkanes of at least 4 members (excludes halogenated alkanes) is 9. The molecule has 206 valence electrons. The van der Waals surface area contributed by atoms with E-state index in [0.717, 1.165) is 46.7 Å². The maximum Gasteiger partial charge on any atom is 0.227 e. The van der Waals surface area contributed by atoms with E-state index in [1.807, 2.05) is 62.8 Å². The molecule has 0 spiro atoms. The van der Waals surface area contributed by atoms with Crippen molar-refractivity contribution in [3.63, 3.8) is 0 Å². The Morgan fingerprint density at radius 3 is 2.13 bits per heavy atom. The lowest BCUT2D eigenvalue weighted by Gasteiger charge is -2.11. The van der Waals surface area contributed by atoms with Gasteiger partial charge in [0.25, 0.3) is 0 Å². The Bertz CT molecular complexity index is 1290. The number of hydrogen-bond donors (Lipinski definition) is 0. The third-order valence-electron chi connectivity index (χ3n) is 7.01. The van der Waals surface area contributed by atoms with Crippen LogP contribution in [-0.4, -0.2) is 31.9 Å². The van der Waals surface area contributed by atoms with Crippen molar-refractivity contribution in [2.45, 2.75) is 71.1 Å². The monoisotopic (exact) mass is 525 g/mol. The highest BCUT2D eigenvalue weighted by atomic mass is 16.5. The second kappa shape index (κ2) is 15.1. The van der Waals surface area contributed by atoms with Crippen molar-refractivity contribution >= 4 is 28.7 Å². The van der Waals surface area contributed by atoms with E-state index in [9.17, 15) is 0 Å². The number of fused-ring (bicyclic) bond motifs is 1. The van der Waals surface area contributed by atoms with Gasteiger partial charge in [0.05, 0.1) is 12.3 Å². The van der Waals surface area contributed by atoms with Crippen LogP contribution in [0.15, 0.2) is 76.1 Å². The first-order valence-corrected chi connectivity index (χ1v) is 14.6. The Morgan fingerprint density at radius 2 is 1.46 bits per heavy atom. The summed E-state index contributed by atoms with van der Waals surface area (Å²) < 4.78 is 12.1. The Kier molecular flexibility index (Phi) is 11.0. The smallest absolute Gasteiger partial charge is 0.227 e. The molecule has 0 saturated heterocycles. The molecule has 5 nitrogen and oxygen atoms in total. The highest BCUT2D eigenvalue weighted by molar-refractivity contribution is 5.83. The first-order chi connectivity index (χ1) is 19.1. The van der Waals surface area contributed by atoms with Gasteiger partial charge in [0.15, 0.2) is 5.58 Å². The number of oxazole rings is 1. The Balaban J connectivity index is 1.23. The summed E-state index contributed by atoms with van der Waals surface area (Å²) in [6.45, 7) is 3.01. The maximum absolute atomic E-state index is 6.07. The molecule has 3 aromatic carbocycles.